The van der Waals surface area contributed by atoms with Gasteiger partial charge >= 0.3 is 0 Å². The van der Waals surface area contributed by atoms with Crippen molar-refractivity contribution in [3.8, 4) is 44.5 Å². The van der Waals surface area contributed by atoms with Gasteiger partial charge in [0.15, 0.2) is 11.6 Å². The molecule has 0 saturated carbocycles. The summed E-state index contributed by atoms with van der Waals surface area (Å²) >= 11 is 0. The minimum Gasteiger partial charge on any atom is -0.354 e. The Balaban J connectivity index is 0.672. The number of allylic oxidation sites excluding steroid dienone is 23. The smallest absolute Gasteiger partial charge is 0.255 e. The minimum absolute atomic E-state index is 0.0209. The molecular weight excluding hydrogens is 1350 g/mol. The fourth-order valence-electron chi connectivity index (χ4n) is 15.7. The van der Waals surface area contributed by atoms with Crippen molar-refractivity contribution in [2.24, 2.45) is 17.3 Å². The molecule has 5 heterocycles. The second-order valence-corrected chi connectivity index (χ2v) is 30.3. The molecule has 4 aliphatic carbocycles. The number of H-pyrrole nitrogens is 2. The zero-order valence-electron chi connectivity index (χ0n) is 63.6. The number of aryl methyl sites for hydroxylation is 2. The Labute approximate surface area is 644 Å². The third-order valence-corrected chi connectivity index (χ3v) is 21.7. The average molecular weight is 1440 g/mol. The number of amides is 2. The first-order valence-electron chi connectivity index (χ1n) is 37.9. The van der Waals surface area contributed by atoms with E-state index in [9.17, 15) is 19.2 Å². The summed E-state index contributed by atoms with van der Waals surface area (Å²) in [6, 6.07) is 53.4. The largest absolute Gasteiger partial charge is 0.354 e. The van der Waals surface area contributed by atoms with E-state index in [4.69, 9.17) is 9.97 Å². The lowest BCUT2D eigenvalue weighted by Crippen LogP contribution is -2.25. The van der Waals surface area contributed by atoms with E-state index in [1.807, 2.05) is 84.9 Å². The van der Waals surface area contributed by atoms with Crippen molar-refractivity contribution in [2.45, 2.75) is 88.0 Å². The highest BCUT2D eigenvalue weighted by molar-refractivity contribution is 6.29. The summed E-state index contributed by atoms with van der Waals surface area (Å²) in [6.07, 6.45) is 46.6. The number of nitrogens with one attached hydrogen (secondary N) is 4. The Kier molecular flexibility index (Phi) is 20.5. The van der Waals surface area contributed by atoms with Gasteiger partial charge in [-0.2, -0.15) is 0 Å². The molecule has 6 aromatic carbocycles. The number of nitrogens with zero attached hydrogens (tertiary/aromatic N) is 2. The molecule has 0 saturated heterocycles. The van der Waals surface area contributed by atoms with Crippen molar-refractivity contribution < 1.29 is 19.2 Å². The predicted molar refractivity (Wildman–Crippen MR) is 456 cm³/mol. The molecule has 4 N–H and O–H groups in total. The summed E-state index contributed by atoms with van der Waals surface area (Å²) in [5.41, 5.74) is 28.5. The highest BCUT2D eigenvalue weighted by atomic mass is 16.2. The van der Waals surface area contributed by atoms with E-state index in [2.05, 4.69) is 265 Å². The number of benzene rings is 6. The summed E-state index contributed by atoms with van der Waals surface area (Å²) in [6.45, 7) is 19.6. The van der Waals surface area contributed by atoms with Crippen molar-refractivity contribution in [2.75, 3.05) is 10.6 Å². The Hall–Kier alpha value is -12.9. The van der Waals surface area contributed by atoms with Crippen molar-refractivity contribution in [3.63, 3.8) is 0 Å². The van der Waals surface area contributed by atoms with Gasteiger partial charge in [0.25, 0.3) is 11.8 Å². The van der Waals surface area contributed by atoms with Crippen LogP contribution in [0.2, 0.25) is 0 Å². The molecule has 9 aromatic rings. The summed E-state index contributed by atoms with van der Waals surface area (Å²) in [7, 11) is 0. The molecule has 0 unspecified atom stereocenters. The number of ketones is 2. The Morgan fingerprint density at radius 2 is 0.836 bits per heavy atom. The number of rotatable bonds is 18. The number of hydrogen-bond donors (Lipinski definition) is 4. The molecule has 0 spiro atoms. The van der Waals surface area contributed by atoms with Crippen LogP contribution in [0.5, 0.6) is 0 Å². The van der Waals surface area contributed by atoms with Crippen LogP contribution in [0, 0.1) is 31.1 Å². The van der Waals surface area contributed by atoms with Crippen molar-refractivity contribution in [1.29, 1.82) is 0 Å². The molecule has 15 rings (SSSR count). The molecule has 2 atom stereocenters. The van der Waals surface area contributed by atoms with Crippen molar-refractivity contribution in [3.05, 3.63) is 361 Å². The molecule has 2 amide bonds. The quantitative estimate of drug-likeness (QED) is 0.0496. The third-order valence-electron chi connectivity index (χ3n) is 21.7. The second kappa shape index (κ2) is 31.1. The number of aromatic nitrogens is 4. The zero-order chi connectivity index (χ0) is 76.3. The van der Waals surface area contributed by atoms with Gasteiger partial charge in [0.2, 0.25) is 0 Å². The minimum atomic E-state index is -0.394. The van der Waals surface area contributed by atoms with Gasteiger partial charge in [-0.1, -0.05) is 235 Å². The Bertz CT molecular complexity index is 5870. The van der Waals surface area contributed by atoms with E-state index < -0.39 is 5.91 Å². The fourth-order valence-corrected chi connectivity index (χ4v) is 15.7. The van der Waals surface area contributed by atoms with E-state index in [0.717, 1.165) is 124 Å². The lowest BCUT2D eigenvalue weighted by Gasteiger charge is -2.32. The maximum Gasteiger partial charge on any atom is 0.255 e. The molecule has 542 valence electrons. The number of carbonyl (C=O) groups is 4. The molecule has 0 radical (unpaired) electrons. The fraction of sp³-hybridized carbons (Fsp3) is 0.160. The van der Waals surface area contributed by atoms with Crippen LogP contribution in [-0.2, 0) is 0 Å². The highest BCUT2D eigenvalue weighted by Crippen LogP contribution is 2.49. The number of hydrogen-bond acceptors (Lipinski definition) is 6. The second-order valence-electron chi connectivity index (χ2n) is 30.3. The number of fused-ring (bicyclic) bond motifs is 13. The summed E-state index contributed by atoms with van der Waals surface area (Å²) in [4.78, 5) is 74.3. The first kappa shape index (κ1) is 72.6. The van der Waals surface area contributed by atoms with Crippen molar-refractivity contribution >= 4 is 87.2 Å². The number of anilines is 2. The van der Waals surface area contributed by atoms with Crippen LogP contribution in [0.25, 0.3) is 97.0 Å². The standard InChI is InChI=1S/C100H88N6O4/c1-61(15-10-11-16-62(2)18-13-20-64(4)27-49-81-67(7)21-14-58-100(81,8)9)17-12-19-63(3)22-28-68-29-35-73(36-30-68)98(109)101-77-44-39-71(40-45-77)92-86-54-50-82(103-86)90(69-31-23-65(5)24-32-69)84-52-56-88(105-84)93(89-57-53-85(106-89)91(83-51-55-87(92)104-83)70-33-25-66(6)26-34-70)72-41-46-78(47-42-72)102-99(110)76-43-48-79-80(60-76)97(108)95-75-38-37-74(59-75)94(95)96(79)107/h10-13,15-20,22-57,60,74-75,103,106H,14,21,58-59H2,1-9H3,(H,101,109)(H,102,110)/b11-10+,17-12+,18-13+,28-22+,49-27+,61-15+,62-16+,63-19+,64-20+,90-82?,90-84?,91-83?,91-85?,92-86?,92-87?,93-88?,93-89?/t74-,75+/m0/s1. The van der Waals surface area contributed by atoms with Crippen LogP contribution in [0.15, 0.2) is 300 Å². The topological polar surface area (TPSA) is 150 Å². The van der Waals surface area contributed by atoms with Crippen LogP contribution in [-0.4, -0.2) is 43.3 Å². The van der Waals surface area contributed by atoms with Crippen LogP contribution < -0.4 is 10.6 Å². The van der Waals surface area contributed by atoms with Gasteiger partial charge in [-0.3, -0.25) is 19.2 Å². The maximum atomic E-state index is 14.0. The Morgan fingerprint density at radius 1 is 0.445 bits per heavy atom. The van der Waals surface area contributed by atoms with Crippen molar-refractivity contribution in [1.82, 2.24) is 19.9 Å². The van der Waals surface area contributed by atoms with E-state index in [0.29, 0.717) is 33.6 Å². The van der Waals surface area contributed by atoms with Crippen LogP contribution in [0.3, 0.4) is 0 Å². The first-order chi connectivity index (χ1) is 53.2. The van der Waals surface area contributed by atoms with Gasteiger partial charge in [0.05, 0.1) is 22.8 Å². The van der Waals surface area contributed by atoms with Crippen LogP contribution in [0.1, 0.15) is 155 Å². The first-order valence-corrected chi connectivity index (χ1v) is 37.9. The SMILES string of the molecule is CC1=C(/C=C/C(C)=C/C=C/C(C)=C/C=C/C=C(C)/C=C/C=C(C)/C=C/c2ccc(C(=O)Nc3ccc(-c4c5nc(c(-c6ccc(C)cc6)c6ccc([nH]6)c(-c6ccc(NC(=O)c7ccc8c(c7)C(=O)C7=C(C8=O)[C@H]8C=C[C@@H]7C8)cc6)c6nc(c(-c7ccc(C)cc7)c7ccc4[nH]7)C=C6)C=C5)cc3)cc2)C(C)(C)CCC1. The zero-order valence-corrected chi connectivity index (χ0v) is 63.6. The van der Waals surface area contributed by atoms with Crippen LogP contribution in [0.4, 0.5) is 11.4 Å². The summed E-state index contributed by atoms with van der Waals surface area (Å²) in [5, 5.41) is 6.19. The Morgan fingerprint density at radius 3 is 1.28 bits per heavy atom. The lowest BCUT2D eigenvalue weighted by molar-refractivity contribution is 0.0968. The molecule has 2 aliphatic heterocycles. The summed E-state index contributed by atoms with van der Waals surface area (Å²) in [5.74, 6) is -0.977. The van der Waals surface area contributed by atoms with Gasteiger partial charge in [-0.05, 0) is 216 Å². The van der Waals surface area contributed by atoms with Gasteiger partial charge < -0.3 is 20.6 Å². The molecule has 6 aliphatic rings. The van der Waals surface area contributed by atoms with Gasteiger partial charge in [-0.15, -0.1) is 0 Å². The molecule has 0 fully saturated rings. The number of Topliss-reactive ketones (excluding diaryl/α,β-unsaturated/α-hetero) is 2. The van der Waals surface area contributed by atoms with E-state index >= 15 is 0 Å². The van der Waals surface area contributed by atoms with Gasteiger partial charge in [0.1, 0.15) is 0 Å². The van der Waals surface area contributed by atoms with E-state index in [1.54, 1.807) is 18.2 Å². The number of carbonyl (C=O) groups excluding carboxylic acids is 4. The molecule has 3 aromatic heterocycles. The third kappa shape index (κ3) is 15.5. The normalized spacial score (nSPS) is 17.0. The average Bonchev–Trinajstić information content (AvgIpc) is 1.41. The van der Waals surface area contributed by atoms with E-state index in [1.165, 1.54) is 41.6 Å². The molecule has 110 heavy (non-hydrogen) atoms. The molecule has 10 bridgehead atoms. The van der Waals surface area contributed by atoms with Gasteiger partial charge in [0, 0.05) is 101 Å². The predicted octanol–water partition coefficient (Wildman–Crippen LogP) is 24.9. The maximum absolute atomic E-state index is 14.0. The summed E-state index contributed by atoms with van der Waals surface area (Å²) < 4.78 is 0. The molecule has 10 heteroatoms. The lowest BCUT2D eigenvalue weighted by atomic mass is 9.72. The monoisotopic (exact) mass is 1440 g/mol. The van der Waals surface area contributed by atoms with Gasteiger partial charge in [-0.25, -0.2) is 9.97 Å². The van der Waals surface area contributed by atoms with Crippen LogP contribution >= 0.6 is 0 Å². The number of aromatic amines is 2. The highest BCUT2D eigenvalue weighted by Gasteiger charge is 2.46. The molecule has 10 nitrogen and oxygen atoms in total. The molecular formula is C100H88N6O4. The van der Waals surface area contributed by atoms with E-state index in [-0.39, 0.29) is 45.9 Å².